The predicted octanol–water partition coefficient (Wildman–Crippen LogP) is 4.60. The van der Waals surface area contributed by atoms with Crippen LogP contribution >= 0.6 is 0 Å². The lowest BCUT2D eigenvalue weighted by Crippen LogP contribution is -2.16. The van der Waals surface area contributed by atoms with Crippen LogP contribution in [0.5, 0.6) is 0 Å². The maximum Gasteiger partial charge on any atom is 0.248 e. The molecule has 1 atom stereocenters. The molecule has 1 saturated carbocycles. The zero-order valence-electron chi connectivity index (χ0n) is 11.7. The zero-order chi connectivity index (χ0) is 14.3. The monoisotopic (exact) mass is 266 g/mol. The van der Waals surface area contributed by atoms with Gasteiger partial charge in [-0.25, -0.2) is 8.78 Å². The highest BCUT2D eigenvalue weighted by molar-refractivity contribution is 5.98. The Morgan fingerprint density at radius 2 is 1.79 bits per heavy atom. The van der Waals surface area contributed by atoms with Crippen LogP contribution in [0.25, 0.3) is 0 Å². The lowest BCUT2D eigenvalue weighted by Gasteiger charge is -2.19. The molecule has 1 aliphatic carbocycles. The van der Waals surface area contributed by atoms with Gasteiger partial charge in [0.25, 0.3) is 0 Å². The first kappa shape index (κ1) is 14.2. The second-order valence-electron chi connectivity index (χ2n) is 6.49. The van der Waals surface area contributed by atoms with Crippen LogP contribution in [0.3, 0.4) is 0 Å². The SMILES string of the molecule is CC(C)(C)c1ccc(C(=O)C2CCC(F)(F)C2)cc1. The molecule has 0 N–H and O–H groups in total. The topological polar surface area (TPSA) is 17.1 Å². The molecular weight excluding hydrogens is 246 g/mol. The first-order chi connectivity index (χ1) is 8.69. The molecule has 104 valence electrons. The van der Waals surface area contributed by atoms with E-state index in [0.717, 1.165) is 5.56 Å². The van der Waals surface area contributed by atoms with Gasteiger partial charge in [0.2, 0.25) is 5.92 Å². The van der Waals surface area contributed by atoms with Crippen LogP contribution in [0.1, 0.15) is 56.0 Å². The lowest BCUT2D eigenvalue weighted by atomic mass is 9.85. The van der Waals surface area contributed by atoms with Crippen LogP contribution in [0, 0.1) is 5.92 Å². The highest BCUT2D eigenvalue weighted by atomic mass is 19.3. The number of benzene rings is 1. The van der Waals surface area contributed by atoms with E-state index in [2.05, 4.69) is 20.8 Å². The Morgan fingerprint density at radius 3 is 2.21 bits per heavy atom. The second-order valence-corrected chi connectivity index (χ2v) is 6.49. The molecule has 0 aromatic heterocycles. The summed E-state index contributed by atoms with van der Waals surface area (Å²) >= 11 is 0. The smallest absolute Gasteiger partial charge is 0.248 e. The fourth-order valence-corrected chi connectivity index (χ4v) is 2.54. The van der Waals surface area contributed by atoms with Crippen LogP contribution in [0.15, 0.2) is 24.3 Å². The van der Waals surface area contributed by atoms with Crippen molar-refractivity contribution in [3.8, 4) is 0 Å². The Morgan fingerprint density at radius 1 is 1.21 bits per heavy atom. The summed E-state index contributed by atoms with van der Waals surface area (Å²) in [4.78, 5) is 12.2. The van der Waals surface area contributed by atoms with Gasteiger partial charge in [-0.3, -0.25) is 4.79 Å². The molecule has 0 aliphatic heterocycles. The normalized spacial score (nSPS) is 22.5. The molecule has 0 radical (unpaired) electrons. The van der Waals surface area contributed by atoms with Gasteiger partial charge in [0.05, 0.1) is 0 Å². The van der Waals surface area contributed by atoms with E-state index in [1.807, 2.05) is 12.1 Å². The summed E-state index contributed by atoms with van der Waals surface area (Å²) in [5.41, 5.74) is 1.72. The third-order valence-electron chi connectivity index (χ3n) is 3.81. The number of alkyl halides is 2. The van der Waals surface area contributed by atoms with E-state index in [4.69, 9.17) is 0 Å². The third kappa shape index (κ3) is 3.20. The first-order valence-electron chi connectivity index (χ1n) is 6.72. The van der Waals surface area contributed by atoms with E-state index in [1.54, 1.807) is 12.1 Å². The van der Waals surface area contributed by atoms with Gasteiger partial charge in [0, 0.05) is 24.3 Å². The van der Waals surface area contributed by atoms with Crippen LogP contribution < -0.4 is 0 Å². The number of rotatable bonds is 2. The van der Waals surface area contributed by atoms with E-state index < -0.39 is 11.8 Å². The minimum atomic E-state index is -2.66. The number of carbonyl (C=O) groups is 1. The largest absolute Gasteiger partial charge is 0.294 e. The van der Waals surface area contributed by atoms with Crippen molar-refractivity contribution >= 4 is 5.78 Å². The Bertz CT molecular complexity index is 469. The van der Waals surface area contributed by atoms with Crippen molar-refractivity contribution in [2.45, 2.75) is 51.4 Å². The second kappa shape index (κ2) is 4.69. The predicted molar refractivity (Wildman–Crippen MR) is 71.8 cm³/mol. The van der Waals surface area contributed by atoms with E-state index in [0.29, 0.717) is 12.0 Å². The van der Waals surface area contributed by atoms with Gasteiger partial charge in [-0.15, -0.1) is 0 Å². The summed E-state index contributed by atoms with van der Waals surface area (Å²) in [5, 5.41) is 0. The van der Waals surface area contributed by atoms with Gasteiger partial charge in [0.15, 0.2) is 5.78 Å². The lowest BCUT2D eigenvalue weighted by molar-refractivity contribution is 0.00530. The molecule has 3 heteroatoms. The van der Waals surface area contributed by atoms with Crippen LogP contribution in [0.4, 0.5) is 8.78 Å². The highest BCUT2D eigenvalue weighted by Crippen LogP contribution is 2.40. The molecule has 0 saturated heterocycles. The number of hydrogen-bond donors (Lipinski definition) is 0. The molecule has 1 unspecified atom stereocenters. The number of ketones is 1. The Balaban J connectivity index is 2.13. The fourth-order valence-electron chi connectivity index (χ4n) is 2.54. The molecule has 0 amide bonds. The zero-order valence-corrected chi connectivity index (χ0v) is 11.7. The van der Waals surface area contributed by atoms with E-state index in [1.165, 1.54) is 0 Å². The van der Waals surface area contributed by atoms with Crippen molar-refractivity contribution in [3.05, 3.63) is 35.4 Å². The van der Waals surface area contributed by atoms with Crippen LogP contribution in [0.2, 0.25) is 0 Å². The maximum absolute atomic E-state index is 13.1. The molecule has 1 aliphatic rings. The van der Waals surface area contributed by atoms with E-state index >= 15 is 0 Å². The first-order valence-corrected chi connectivity index (χ1v) is 6.72. The molecular formula is C16H20F2O. The number of halogens is 2. The maximum atomic E-state index is 13.1. The van der Waals surface area contributed by atoms with E-state index in [-0.39, 0.29) is 24.0 Å². The van der Waals surface area contributed by atoms with Crippen molar-refractivity contribution in [2.75, 3.05) is 0 Å². The summed E-state index contributed by atoms with van der Waals surface area (Å²) in [6.45, 7) is 6.30. The van der Waals surface area contributed by atoms with Gasteiger partial charge in [-0.1, -0.05) is 45.0 Å². The summed E-state index contributed by atoms with van der Waals surface area (Å²) in [7, 11) is 0. The van der Waals surface area contributed by atoms with Crippen molar-refractivity contribution < 1.29 is 13.6 Å². The molecule has 2 rings (SSSR count). The van der Waals surface area contributed by atoms with Crippen LogP contribution in [-0.4, -0.2) is 11.7 Å². The third-order valence-corrected chi connectivity index (χ3v) is 3.81. The molecule has 1 nitrogen and oxygen atoms in total. The van der Waals surface area contributed by atoms with Gasteiger partial charge in [-0.2, -0.15) is 0 Å². The standard InChI is InChI=1S/C16H20F2O/c1-15(2,3)13-6-4-11(5-7-13)14(19)12-8-9-16(17,18)10-12/h4-7,12H,8-10H2,1-3H3. The molecule has 0 spiro atoms. The molecule has 19 heavy (non-hydrogen) atoms. The molecule has 1 aromatic rings. The van der Waals surface area contributed by atoms with Gasteiger partial charge in [-0.05, 0) is 17.4 Å². The molecule has 1 aromatic carbocycles. The van der Waals surface area contributed by atoms with Crippen molar-refractivity contribution in [1.82, 2.24) is 0 Å². The van der Waals surface area contributed by atoms with Crippen molar-refractivity contribution in [2.24, 2.45) is 5.92 Å². The summed E-state index contributed by atoms with van der Waals surface area (Å²) in [6.07, 6.45) is -0.163. The minimum Gasteiger partial charge on any atom is -0.294 e. The average molecular weight is 266 g/mol. The Labute approximate surface area is 113 Å². The average Bonchev–Trinajstić information content (AvgIpc) is 2.68. The van der Waals surface area contributed by atoms with Crippen molar-refractivity contribution in [3.63, 3.8) is 0 Å². The summed E-state index contributed by atoms with van der Waals surface area (Å²) < 4.78 is 26.3. The fraction of sp³-hybridized carbons (Fsp3) is 0.562. The molecule has 0 bridgehead atoms. The highest BCUT2D eigenvalue weighted by Gasteiger charge is 2.42. The van der Waals surface area contributed by atoms with Crippen LogP contribution in [-0.2, 0) is 5.41 Å². The number of hydrogen-bond acceptors (Lipinski definition) is 1. The van der Waals surface area contributed by atoms with Crippen molar-refractivity contribution in [1.29, 1.82) is 0 Å². The summed E-state index contributed by atoms with van der Waals surface area (Å²) in [6, 6.07) is 7.36. The van der Waals surface area contributed by atoms with Gasteiger partial charge >= 0.3 is 0 Å². The molecule has 0 heterocycles. The Hall–Kier alpha value is -1.25. The summed E-state index contributed by atoms with van der Waals surface area (Å²) in [5.74, 6) is -3.32. The Kier molecular flexibility index (Phi) is 3.50. The van der Waals surface area contributed by atoms with E-state index in [9.17, 15) is 13.6 Å². The quantitative estimate of drug-likeness (QED) is 0.715. The van der Waals surface area contributed by atoms with Gasteiger partial charge in [0.1, 0.15) is 0 Å². The minimum absolute atomic E-state index is 0.0297. The number of carbonyl (C=O) groups excluding carboxylic acids is 1. The molecule has 1 fully saturated rings. The van der Waals surface area contributed by atoms with Gasteiger partial charge < -0.3 is 0 Å². The number of Topliss-reactive ketones (excluding diaryl/α,β-unsaturated/α-hetero) is 1.